The van der Waals surface area contributed by atoms with E-state index in [2.05, 4.69) is 28.2 Å². The summed E-state index contributed by atoms with van der Waals surface area (Å²) in [6, 6.07) is 0. The summed E-state index contributed by atoms with van der Waals surface area (Å²) < 4.78 is 0. The minimum absolute atomic E-state index is 0.255. The highest BCUT2D eigenvalue weighted by Crippen LogP contribution is 1.74. The molecule has 17 heavy (non-hydrogen) atoms. The Morgan fingerprint density at radius 1 is 0.882 bits per heavy atom. The zero-order chi connectivity index (χ0) is 13.4. The first-order valence-electron chi connectivity index (χ1n) is 6.61. The first-order valence-corrected chi connectivity index (χ1v) is 6.61. The fourth-order valence-electron chi connectivity index (χ4n) is 1.19. The van der Waals surface area contributed by atoms with Crippen LogP contribution in [0.25, 0.3) is 0 Å². The third-order valence-electron chi connectivity index (χ3n) is 2.10. The molecule has 0 rings (SSSR count). The summed E-state index contributed by atoms with van der Waals surface area (Å²) in [7, 11) is 3.81. The summed E-state index contributed by atoms with van der Waals surface area (Å²) in [6.07, 6.45) is 0.972. The van der Waals surface area contributed by atoms with Gasteiger partial charge < -0.3 is 26.4 Å². The molecule has 0 fully saturated rings. The Balaban J connectivity index is 0. The minimum atomic E-state index is -0.255. The predicted molar refractivity (Wildman–Crippen MR) is 75.6 cm³/mol. The molecule has 0 radical (unpaired) electrons. The Labute approximate surface area is 107 Å². The average Bonchev–Trinajstić information content (AvgIpc) is 2.33. The van der Waals surface area contributed by atoms with Gasteiger partial charge in [0.05, 0.1) is 6.10 Å². The van der Waals surface area contributed by atoms with E-state index in [1.54, 1.807) is 0 Å². The van der Waals surface area contributed by atoms with Crippen LogP contribution in [0.1, 0.15) is 20.3 Å². The number of hydrogen-bond donors (Lipinski definition) is 5. The molecule has 0 amide bonds. The first kappa shape index (κ1) is 19.1. The van der Waals surface area contributed by atoms with Crippen molar-refractivity contribution in [3.63, 3.8) is 0 Å². The van der Waals surface area contributed by atoms with Crippen LogP contribution in [0.15, 0.2) is 0 Å². The van der Waals surface area contributed by atoms with Gasteiger partial charge in [-0.15, -0.1) is 0 Å². The van der Waals surface area contributed by atoms with Crippen molar-refractivity contribution < 1.29 is 5.11 Å². The van der Waals surface area contributed by atoms with Gasteiger partial charge in [-0.1, -0.05) is 13.8 Å². The van der Waals surface area contributed by atoms with Crippen molar-refractivity contribution in [2.45, 2.75) is 26.4 Å². The molecule has 5 heteroatoms. The minimum Gasteiger partial charge on any atom is -0.390 e. The van der Waals surface area contributed by atoms with Gasteiger partial charge >= 0.3 is 0 Å². The van der Waals surface area contributed by atoms with E-state index in [9.17, 15) is 0 Å². The fraction of sp³-hybridized carbons (Fsp3) is 1.00. The Hall–Kier alpha value is -0.200. The van der Waals surface area contributed by atoms with Gasteiger partial charge in [-0.05, 0) is 46.7 Å². The second-order valence-electron chi connectivity index (χ2n) is 3.83. The van der Waals surface area contributed by atoms with Crippen molar-refractivity contribution in [3.8, 4) is 0 Å². The van der Waals surface area contributed by atoms with E-state index in [-0.39, 0.29) is 6.10 Å². The maximum absolute atomic E-state index is 9.06. The summed E-state index contributed by atoms with van der Waals surface area (Å²) >= 11 is 0. The molecule has 1 unspecified atom stereocenters. The molecule has 5 nitrogen and oxygen atoms in total. The predicted octanol–water partition coefficient (Wildman–Crippen LogP) is -0.618. The van der Waals surface area contributed by atoms with Crippen molar-refractivity contribution in [2.75, 3.05) is 53.4 Å². The van der Waals surface area contributed by atoms with Gasteiger partial charge in [-0.2, -0.15) is 0 Å². The molecule has 106 valence electrons. The number of rotatable bonds is 10. The number of likely N-dealkylation sites (N-methyl/N-ethyl adjacent to an activating group) is 2. The van der Waals surface area contributed by atoms with Crippen molar-refractivity contribution in [2.24, 2.45) is 0 Å². The van der Waals surface area contributed by atoms with Gasteiger partial charge in [0.2, 0.25) is 0 Å². The topological polar surface area (TPSA) is 68.3 Å². The lowest BCUT2D eigenvalue weighted by Crippen LogP contribution is -2.33. The highest BCUT2D eigenvalue weighted by atomic mass is 16.3. The van der Waals surface area contributed by atoms with Crippen LogP contribution in [0, 0.1) is 0 Å². The van der Waals surface area contributed by atoms with Crippen molar-refractivity contribution in [3.05, 3.63) is 0 Å². The molecule has 0 aliphatic carbocycles. The van der Waals surface area contributed by atoms with Gasteiger partial charge in [0.25, 0.3) is 0 Å². The highest BCUT2D eigenvalue weighted by Gasteiger charge is 1.98. The van der Waals surface area contributed by atoms with Gasteiger partial charge in [-0.25, -0.2) is 0 Å². The van der Waals surface area contributed by atoms with E-state index >= 15 is 0 Å². The molecule has 0 saturated carbocycles. The molecule has 0 aromatic carbocycles. The third-order valence-corrected chi connectivity index (χ3v) is 2.10. The van der Waals surface area contributed by atoms with Gasteiger partial charge in [0.1, 0.15) is 0 Å². The molecule has 0 bridgehead atoms. The van der Waals surface area contributed by atoms with Crippen LogP contribution in [0.4, 0.5) is 0 Å². The van der Waals surface area contributed by atoms with E-state index in [1.807, 2.05) is 21.0 Å². The zero-order valence-corrected chi connectivity index (χ0v) is 12.0. The van der Waals surface area contributed by atoms with Crippen molar-refractivity contribution in [1.82, 2.24) is 21.3 Å². The smallest absolute Gasteiger partial charge is 0.0788 e. The lowest BCUT2D eigenvalue weighted by atomic mass is 10.3. The molecular formula is C12H32N4O. The lowest BCUT2D eigenvalue weighted by molar-refractivity contribution is 0.172. The fourth-order valence-corrected chi connectivity index (χ4v) is 1.19. The Morgan fingerprint density at radius 2 is 1.53 bits per heavy atom. The molecule has 0 saturated heterocycles. The first-order chi connectivity index (χ1) is 8.22. The second kappa shape index (κ2) is 18.2. The van der Waals surface area contributed by atoms with Crippen LogP contribution >= 0.6 is 0 Å². The van der Waals surface area contributed by atoms with E-state index in [4.69, 9.17) is 5.11 Å². The highest BCUT2D eigenvalue weighted by molar-refractivity contribution is 4.59. The summed E-state index contributed by atoms with van der Waals surface area (Å²) in [5, 5.41) is 21.3. The third kappa shape index (κ3) is 21.6. The van der Waals surface area contributed by atoms with Gasteiger partial charge in [0, 0.05) is 13.1 Å². The Morgan fingerprint density at radius 3 is 2.00 bits per heavy atom. The number of aliphatic hydroxyl groups is 1. The number of hydrogen-bond acceptors (Lipinski definition) is 5. The molecule has 0 heterocycles. The summed E-state index contributed by atoms with van der Waals surface area (Å²) in [5.74, 6) is 0. The maximum atomic E-state index is 9.06. The largest absolute Gasteiger partial charge is 0.390 e. The van der Waals surface area contributed by atoms with Crippen LogP contribution in [-0.2, 0) is 0 Å². The van der Waals surface area contributed by atoms with Crippen LogP contribution < -0.4 is 21.3 Å². The molecule has 0 aromatic rings. The zero-order valence-electron chi connectivity index (χ0n) is 12.0. The monoisotopic (exact) mass is 248 g/mol. The molecular weight excluding hydrogens is 216 g/mol. The van der Waals surface area contributed by atoms with Crippen LogP contribution in [0.3, 0.4) is 0 Å². The average molecular weight is 248 g/mol. The van der Waals surface area contributed by atoms with Gasteiger partial charge in [0.15, 0.2) is 0 Å². The van der Waals surface area contributed by atoms with E-state index in [0.717, 1.165) is 26.2 Å². The quantitative estimate of drug-likeness (QED) is 0.334. The molecule has 0 aliphatic heterocycles. The molecule has 1 atom stereocenters. The van der Waals surface area contributed by atoms with Crippen molar-refractivity contribution >= 4 is 0 Å². The van der Waals surface area contributed by atoms with Gasteiger partial charge in [-0.3, -0.25) is 0 Å². The SMILES string of the molecule is CCNCC(O)CNC.CCNCCCNC. The molecule has 5 N–H and O–H groups in total. The van der Waals surface area contributed by atoms with Crippen LogP contribution in [-0.4, -0.2) is 64.6 Å². The summed E-state index contributed by atoms with van der Waals surface area (Å²) in [5.41, 5.74) is 0. The molecule has 0 spiro atoms. The Bertz CT molecular complexity index is 119. The van der Waals surface area contributed by atoms with Crippen molar-refractivity contribution in [1.29, 1.82) is 0 Å². The second-order valence-corrected chi connectivity index (χ2v) is 3.83. The Kier molecular flexibility index (Phi) is 20.5. The lowest BCUT2D eigenvalue weighted by Gasteiger charge is -2.08. The number of aliphatic hydroxyl groups excluding tert-OH is 1. The normalized spacial score (nSPS) is 11.8. The van der Waals surface area contributed by atoms with Crippen LogP contribution in [0.5, 0.6) is 0 Å². The van der Waals surface area contributed by atoms with E-state index in [1.165, 1.54) is 6.42 Å². The van der Waals surface area contributed by atoms with Crippen LogP contribution in [0.2, 0.25) is 0 Å². The molecule has 0 aliphatic rings. The molecule has 0 aromatic heterocycles. The van der Waals surface area contributed by atoms with E-state index < -0.39 is 0 Å². The maximum Gasteiger partial charge on any atom is 0.0788 e. The van der Waals surface area contributed by atoms with E-state index in [0.29, 0.717) is 13.1 Å². The standard InChI is InChI=1S/C6H16N2O.C6H16N2/c1-3-8-5-6(9)4-7-2;1-3-8-6-4-5-7-2/h6-9H,3-5H2,1-2H3;7-8H,3-6H2,1-2H3. The summed E-state index contributed by atoms with van der Waals surface area (Å²) in [4.78, 5) is 0. The summed E-state index contributed by atoms with van der Waals surface area (Å²) in [6.45, 7) is 9.74. The number of nitrogens with one attached hydrogen (secondary N) is 4.